The van der Waals surface area contributed by atoms with Crippen molar-refractivity contribution >= 4 is 33.3 Å². The number of rotatable bonds is 8. The Morgan fingerprint density at radius 3 is 2.00 bits per heavy atom. The van der Waals surface area contributed by atoms with Crippen LogP contribution in [0.25, 0.3) is 0 Å². The molecular weight excluding hydrogens is 464 g/mol. The van der Waals surface area contributed by atoms with Crippen molar-refractivity contribution in [1.29, 1.82) is 0 Å². The van der Waals surface area contributed by atoms with Gasteiger partial charge < -0.3 is 16.0 Å². The van der Waals surface area contributed by atoms with E-state index in [0.29, 0.717) is 11.4 Å². The highest BCUT2D eigenvalue weighted by Gasteiger charge is 2.24. The highest BCUT2D eigenvalue weighted by molar-refractivity contribution is 7.89. The molecule has 0 aliphatic heterocycles. The summed E-state index contributed by atoms with van der Waals surface area (Å²) in [5, 5.41) is 8.40. The van der Waals surface area contributed by atoms with Crippen LogP contribution in [-0.2, 0) is 10.0 Å². The monoisotopic (exact) mass is 494 g/mol. The molecule has 0 aromatic heterocycles. The summed E-state index contributed by atoms with van der Waals surface area (Å²) in [4.78, 5) is 25.0. The number of hydrogen-bond donors (Lipinski definition) is 3. The average molecular weight is 495 g/mol. The molecule has 1 unspecified atom stereocenters. The van der Waals surface area contributed by atoms with Gasteiger partial charge in [-0.2, -0.15) is 4.31 Å². The third-order valence-electron chi connectivity index (χ3n) is 5.55. The van der Waals surface area contributed by atoms with Gasteiger partial charge in [-0.05, 0) is 68.8 Å². The number of nitrogens with zero attached hydrogens (tertiary/aromatic N) is 1. The average Bonchev–Trinajstić information content (AvgIpc) is 2.84. The molecule has 0 spiro atoms. The lowest BCUT2D eigenvalue weighted by Crippen LogP contribution is -2.33. The molecule has 35 heavy (non-hydrogen) atoms. The Bertz CT molecular complexity index is 1280. The molecule has 0 fully saturated rings. The number of hydrogen-bond acceptors (Lipinski definition) is 4. The smallest absolute Gasteiger partial charge is 0.323 e. The summed E-state index contributed by atoms with van der Waals surface area (Å²) in [6, 6.07) is 21.3. The number of urea groups is 1. The first-order valence-electron chi connectivity index (χ1n) is 11.2. The molecular formula is C26H30N4O4S. The van der Waals surface area contributed by atoms with Gasteiger partial charge >= 0.3 is 6.03 Å². The van der Waals surface area contributed by atoms with E-state index in [1.165, 1.54) is 23.5 Å². The molecule has 1 atom stereocenters. The number of para-hydroxylation sites is 1. The Balaban J connectivity index is 1.63. The molecule has 0 radical (unpaired) electrons. The predicted octanol–water partition coefficient (Wildman–Crippen LogP) is 4.85. The van der Waals surface area contributed by atoms with Crippen LogP contribution in [0.1, 0.15) is 42.7 Å². The van der Waals surface area contributed by atoms with Gasteiger partial charge in [-0.1, -0.05) is 36.4 Å². The lowest BCUT2D eigenvalue weighted by atomic mass is 10.1. The minimum absolute atomic E-state index is 0.0678. The van der Waals surface area contributed by atoms with Gasteiger partial charge in [0.15, 0.2) is 0 Å². The van der Waals surface area contributed by atoms with Crippen LogP contribution in [0.15, 0.2) is 83.8 Å². The molecule has 0 aliphatic carbocycles. The van der Waals surface area contributed by atoms with Crippen LogP contribution in [0, 0.1) is 0 Å². The van der Waals surface area contributed by atoms with Gasteiger partial charge in [0, 0.05) is 30.0 Å². The van der Waals surface area contributed by atoms with Crippen molar-refractivity contribution in [3.63, 3.8) is 0 Å². The maximum absolute atomic E-state index is 12.8. The van der Waals surface area contributed by atoms with Crippen molar-refractivity contribution in [2.75, 3.05) is 17.7 Å². The zero-order chi connectivity index (χ0) is 25.6. The highest BCUT2D eigenvalue weighted by atomic mass is 32.2. The second-order valence-electron chi connectivity index (χ2n) is 8.41. The van der Waals surface area contributed by atoms with Crippen LogP contribution < -0.4 is 16.0 Å². The van der Waals surface area contributed by atoms with Crippen molar-refractivity contribution in [2.24, 2.45) is 0 Å². The largest absolute Gasteiger partial charge is 0.346 e. The summed E-state index contributed by atoms with van der Waals surface area (Å²) in [6.07, 6.45) is 0. The molecule has 3 aromatic rings. The number of carbonyl (C=O) groups excluding carboxylic acids is 2. The second kappa shape index (κ2) is 11.2. The quantitative estimate of drug-likeness (QED) is 0.416. The summed E-state index contributed by atoms with van der Waals surface area (Å²) in [5.41, 5.74) is 2.38. The first kappa shape index (κ1) is 25.9. The van der Waals surface area contributed by atoms with E-state index >= 15 is 0 Å². The van der Waals surface area contributed by atoms with Gasteiger partial charge in [-0.3, -0.25) is 4.79 Å². The maximum Gasteiger partial charge on any atom is 0.323 e. The van der Waals surface area contributed by atoms with E-state index < -0.39 is 10.0 Å². The number of anilines is 2. The predicted molar refractivity (Wildman–Crippen MR) is 138 cm³/mol. The minimum Gasteiger partial charge on any atom is -0.346 e. The molecule has 3 amide bonds. The van der Waals surface area contributed by atoms with Crippen molar-refractivity contribution in [3.05, 3.63) is 90.0 Å². The lowest BCUT2D eigenvalue weighted by Gasteiger charge is -2.21. The van der Waals surface area contributed by atoms with Gasteiger partial charge in [0.1, 0.15) is 0 Å². The molecule has 3 aromatic carbocycles. The van der Waals surface area contributed by atoms with Gasteiger partial charge in [0.05, 0.1) is 10.9 Å². The number of carbonyl (C=O) groups is 2. The SMILES string of the molecule is CC(NC(=O)c1cccc(S(=O)(=O)N(C)C(C)C)c1)c1ccc(NC(=O)Nc2ccccc2)cc1. The normalized spacial score (nSPS) is 12.3. The fraction of sp³-hybridized carbons (Fsp3) is 0.231. The van der Waals surface area contributed by atoms with Crippen LogP contribution in [0.5, 0.6) is 0 Å². The Hall–Kier alpha value is -3.69. The highest BCUT2D eigenvalue weighted by Crippen LogP contribution is 2.20. The van der Waals surface area contributed by atoms with E-state index in [1.807, 2.05) is 37.3 Å². The fourth-order valence-electron chi connectivity index (χ4n) is 3.27. The van der Waals surface area contributed by atoms with Crippen molar-refractivity contribution in [1.82, 2.24) is 9.62 Å². The van der Waals surface area contributed by atoms with Crippen molar-refractivity contribution in [3.8, 4) is 0 Å². The minimum atomic E-state index is -3.70. The Labute approximate surface area is 206 Å². The van der Waals surface area contributed by atoms with E-state index in [-0.39, 0.29) is 34.5 Å². The van der Waals surface area contributed by atoms with Gasteiger partial charge in [0.25, 0.3) is 5.91 Å². The number of nitrogens with one attached hydrogen (secondary N) is 3. The molecule has 184 valence electrons. The van der Waals surface area contributed by atoms with E-state index in [2.05, 4.69) is 16.0 Å². The van der Waals surface area contributed by atoms with Crippen LogP contribution in [-0.4, -0.2) is 37.8 Å². The number of sulfonamides is 1. The fourth-order valence-corrected chi connectivity index (χ4v) is 4.69. The summed E-state index contributed by atoms with van der Waals surface area (Å²) < 4.78 is 26.8. The summed E-state index contributed by atoms with van der Waals surface area (Å²) in [7, 11) is -2.18. The Morgan fingerprint density at radius 1 is 0.800 bits per heavy atom. The maximum atomic E-state index is 12.8. The number of amides is 3. The van der Waals surface area contributed by atoms with E-state index in [9.17, 15) is 18.0 Å². The first-order valence-corrected chi connectivity index (χ1v) is 12.6. The zero-order valence-electron chi connectivity index (χ0n) is 20.1. The summed E-state index contributed by atoms with van der Waals surface area (Å²) >= 11 is 0. The zero-order valence-corrected chi connectivity index (χ0v) is 21.0. The molecule has 9 heteroatoms. The number of benzene rings is 3. The van der Waals surface area contributed by atoms with Gasteiger partial charge in [0.2, 0.25) is 10.0 Å². The van der Waals surface area contributed by atoms with Crippen molar-refractivity contribution < 1.29 is 18.0 Å². The van der Waals surface area contributed by atoms with Crippen LogP contribution in [0.2, 0.25) is 0 Å². The van der Waals surface area contributed by atoms with E-state index in [1.54, 1.807) is 50.2 Å². The third kappa shape index (κ3) is 6.68. The Kier molecular flexibility index (Phi) is 8.26. The van der Waals surface area contributed by atoms with E-state index in [0.717, 1.165) is 5.56 Å². The van der Waals surface area contributed by atoms with E-state index in [4.69, 9.17) is 0 Å². The standard InChI is InChI=1S/C26H30N4O4S/c1-18(2)30(4)35(33,34)24-12-8-9-21(17-24)25(31)27-19(3)20-13-15-23(16-14-20)29-26(32)28-22-10-6-5-7-11-22/h5-19H,1-4H3,(H,27,31)(H2,28,29,32). The molecule has 0 saturated heterocycles. The van der Waals surface area contributed by atoms with Crippen LogP contribution >= 0.6 is 0 Å². The molecule has 0 saturated carbocycles. The topological polar surface area (TPSA) is 108 Å². The molecule has 8 nitrogen and oxygen atoms in total. The van der Waals surface area contributed by atoms with Crippen LogP contribution in [0.3, 0.4) is 0 Å². The van der Waals surface area contributed by atoms with Crippen molar-refractivity contribution in [2.45, 2.75) is 37.8 Å². The third-order valence-corrected chi connectivity index (χ3v) is 7.58. The molecule has 3 rings (SSSR count). The Morgan fingerprint density at radius 2 is 1.40 bits per heavy atom. The lowest BCUT2D eigenvalue weighted by molar-refractivity contribution is 0.0939. The van der Waals surface area contributed by atoms with Gasteiger partial charge in [-0.25, -0.2) is 13.2 Å². The molecule has 3 N–H and O–H groups in total. The molecule has 0 heterocycles. The second-order valence-corrected chi connectivity index (χ2v) is 10.4. The summed E-state index contributed by atoms with van der Waals surface area (Å²) in [6.45, 7) is 5.40. The molecule has 0 bridgehead atoms. The summed E-state index contributed by atoms with van der Waals surface area (Å²) in [5.74, 6) is -0.383. The first-order chi connectivity index (χ1) is 16.6. The van der Waals surface area contributed by atoms with Crippen LogP contribution in [0.4, 0.5) is 16.2 Å². The molecule has 0 aliphatic rings. The van der Waals surface area contributed by atoms with Gasteiger partial charge in [-0.15, -0.1) is 0 Å².